The maximum absolute atomic E-state index is 13.6. The van der Waals surface area contributed by atoms with Crippen molar-refractivity contribution in [2.45, 2.75) is 31.7 Å². The normalized spacial score (nSPS) is 17.0. The Morgan fingerprint density at radius 1 is 1.39 bits per heavy atom. The molecule has 1 amide bonds. The third kappa shape index (κ3) is 5.80. The number of carbonyl (C=O) groups excluding carboxylic acids is 2. The van der Waals surface area contributed by atoms with Crippen molar-refractivity contribution in [1.29, 1.82) is 0 Å². The predicted molar refractivity (Wildman–Crippen MR) is 87.8 cm³/mol. The smallest absolute Gasteiger partial charge is 0.220 e. The summed E-state index contributed by atoms with van der Waals surface area (Å²) in [6, 6.07) is 4.20. The number of amides is 1. The highest BCUT2D eigenvalue weighted by Gasteiger charge is 2.17. The third-order valence-electron chi connectivity index (χ3n) is 3.71. The zero-order chi connectivity index (χ0) is 15.9. The highest BCUT2D eigenvalue weighted by molar-refractivity contribution is 5.98. The van der Waals surface area contributed by atoms with Crippen LogP contribution in [0.2, 0.25) is 0 Å². The Hall–Kier alpha value is -1.66. The molecule has 7 heteroatoms. The molecule has 2 rings (SSSR count). The van der Waals surface area contributed by atoms with Crippen LogP contribution in [0.25, 0.3) is 0 Å². The van der Waals surface area contributed by atoms with Gasteiger partial charge in [0.2, 0.25) is 5.91 Å². The van der Waals surface area contributed by atoms with Crippen LogP contribution in [-0.4, -0.2) is 37.9 Å². The van der Waals surface area contributed by atoms with E-state index in [2.05, 4.69) is 10.6 Å². The molecule has 0 bridgehead atoms. The zero-order valence-electron chi connectivity index (χ0n) is 13.1. The molecule has 1 aromatic carbocycles. The lowest BCUT2D eigenvalue weighted by atomic mass is 10.0. The molecule has 0 spiro atoms. The van der Waals surface area contributed by atoms with Crippen molar-refractivity contribution >= 4 is 24.1 Å². The first-order valence-electron chi connectivity index (χ1n) is 7.47. The maximum Gasteiger partial charge on any atom is 0.220 e. The largest absolute Gasteiger partial charge is 0.494 e. The van der Waals surface area contributed by atoms with Gasteiger partial charge >= 0.3 is 0 Å². The molecule has 2 N–H and O–H groups in total. The van der Waals surface area contributed by atoms with Gasteiger partial charge in [-0.1, -0.05) is 0 Å². The fourth-order valence-electron chi connectivity index (χ4n) is 2.49. The summed E-state index contributed by atoms with van der Waals surface area (Å²) in [6.45, 7) is 1.75. The Labute approximate surface area is 141 Å². The molecule has 0 unspecified atom stereocenters. The van der Waals surface area contributed by atoms with Crippen LogP contribution < -0.4 is 15.4 Å². The molecule has 1 aliphatic rings. The molecular weight excluding hydrogens is 323 g/mol. The molecular formula is C16H22ClFN2O3. The number of methoxy groups -OCH3 is 1. The van der Waals surface area contributed by atoms with Gasteiger partial charge in [-0.3, -0.25) is 9.59 Å². The number of halogens is 2. The number of hydrogen-bond donors (Lipinski definition) is 2. The highest BCUT2D eigenvalue weighted by atomic mass is 35.5. The average molecular weight is 345 g/mol. The van der Waals surface area contributed by atoms with E-state index in [0.717, 1.165) is 32.0 Å². The monoisotopic (exact) mass is 344 g/mol. The van der Waals surface area contributed by atoms with Gasteiger partial charge in [-0.15, -0.1) is 12.4 Å². The molecule has 0 radical (unpaired) electrons. The summed E-state index contributed by atoms with van der Waals surface area (Å²) < 4.78 is 18.4. The summed E-state index contributed by atoms with van der Waals surface area (Å²) in [5, 5.41) is 6.12. The Kier molecular flexibility index (Phi) is 7.98. The molecule has 1 heterocycles. The molecule has 1 fully saturated rings. The van der Waals surface area contributed by atoms with Gasteiger partial charge in [0.15, 0.2) is 17.3 Å². The van der Waals surface area contributed by atoms with Gasteiger partial charge < -0.3 is 15.4 Å². The van der Waals surface area contributed by atoms with Gasteiger partial charge in [-0.05, 0) is 37.6 Å². The molecule has 1 saturated heterocycles. The number of hydrogen-bond acceptors (Lipinski definition) is 4. The van der Waals surface area contributed by atoms with Crippen molar-refractivity contribution in [2.24, 2.45) is 0 Å². The lowest BCUT2D eigenvalue weighted by Gasteiger charge is -2.23. The van der Waals surface area contributed by atoms with Crippen LogP contribution in [0.4, 0.5) is 4.39 Å². The van der Waals surface area contributed by atoms with Gasteiger partial charge in [0.25, 0.3) is 0 Å². The average Bonchev–Trinajstić information content (AvgIpc) is 2.53. The number of ether oxygens (including phenoxy) is 1. The summed E-state index contributed by atoms with van der Waals surface area (Å²) >= 11 is 0. The van der Waals surface area contributed by atoms with E-state index in [-0.39, 0.29) is 54.3 Å². The number of rotatable bonds is 6. The Morgan fingerprint density at radius 2 is 2.17 bits per heavy atom. The van der Waals surface area contributed by atoms with Crippen molar-refractivity contribution in [1.82, 2.24) is 10.6 Å². The van der Waals surface area contributed by atoms with E-state index in [1.807, 2.05) is 0 Å². The standard InChI is InChI=1S/C16H21FN2O3.ClH/c1-22-15-6-4-11(9-13(15)17)14(20)5-7-16(21)19-12-3-2-8-18-10-12;/h4,6,9,12,18H,2-3,5,7-8,10H2,1H3,(H,19,21);1H/t12-;/m0./s1. The minimum Gasteiger partial charge on any atom is -0.494 e. The minimum absolute atomic E-state index is 0. The number of piperidine rings is 1. The van der Waals surface area contributed by atoms with E-state index in [1.165, 1.54) is 19.2 Å². The molecule has 1 aromatic rings. The van der Waals surface area contributed by atoms with Crippen LogP contribution in [0, 0.1) is 5.82 Å². The van der Waals surface area contributed by atoms with E-state index < -0.39 is 5.82 Å². The summed E-state index contributed by atoms with van der Waals surface area (Å²) in [7, 11) is 1.37. The first-order chi connectivity index (χ1) is 10.6. The van der Waals surface area contributed by atoms with Gasteiger partial charge in [-0.2, -0.15) is 0 Å². The molecule has 5 nitrogen and oxygen atoms in total. The lowest BCUT2D eigenvalue weighted by molar-refractivity contribution is -0.121. The molecule has 23 heavy (non-hydrogen) atoms. The van der Waals surface area contributed by atoms with E-state index >= 15 is 0 Å². The Balaban J connectivity index is 0.00000264. The lowest BCUT2D eigenvalue weighted by Crippen LogP contribution is -2.45. The van der Waals surface area contributed by atoms with E-state index in [0.29, 0.717) is 0 Å². The molecule has 1 aliphatic heterocycles. The number of carbonyl (C=O) groups is 2. The van der Waals surface area contributed by atoms with Crippen LogP contribution in [0.3, 0.4) is 0 Å². The number of benzene rings is 1. The fraction of sp³-hybridized carbons (Fsp3) is 0.500. The predicted octanol–water partition coefficient (Wildman–Crippen LogP) is 2.09. The number of ketones is 1. The Bertz CT molecular complexity index is 548. The number of nitrogens with one attached hydrogen (secondary N) is 2. The zero-order valence-corrected chi connectivity index (χ0v) is 13.9. The number of Topliss-reactive ketones (excluding diaryl/α,β-unsaturated/α-hetero) is 1. The van der Waals surface area contributed by atoms with Crippen LogP contribution in [-0.2, 0) is 4.79 Å². The molecule has 0 saturated carbocycles. The first kappa shape index (κ1) is 19.4. The maximum atomic E-state index is 13.6. The summed E-state index contributed by atoms with van der Waals surface area (Å²) in [5.41, 5.74) is 0.255. The van der Waals surface area contributed by atoms with E-state index in [9.17, 15) is 14.0 Å². The van der Waals surface area contributed by atoms with Crippen LogP contribution in [0.15, 0.2) is 18.2 Å². The topological polar surface area (TPSA) is 67.4 Å². The van der Waals surface area contributed by atoms with E-state index in [4.69, 9.17) is 4.74 Å². The molecule has 0 aliphatic carbocycles. The van der Waals surface area contributed by atoms with Crippen molar-refractivity contribution in [2.75, 3.05) is 20.2 Å². The summed E-state index contributed by atoms with van der Waals surface area (Å²) in [4.78, 5) is 23.8. The quantitative estimate of drug-likeness (QED) is 0.775. The summed E-state index contributed by atoms with van der Waals surface area (Å²) in [5.74, 6) is -0.875. The second kappa shape index (κ2) is 9.47. The SMILES string of the molecule is COc1ccc(C(=O)CCC(=O)N[C@H]2CCCNC2)cc1F.Cl. The van der Waals surface area contributed by atoms with Crippen molar-refractivity contribution < 1.29 is 18.7 Å². The van der Waals surface area contributed by atoms with Crippen molar-refractivity contribution in [3.05, 3.63) is 29.6 Å². The van der Waals surface area contributed by atoms with Crippen molar-refractivity contribution in [3.8, 4) is 5.75 Å². The second-order valence-corrected chi connectivity index (χ2v) is 5.38. The highest BCUT2D eigenvalue weighted by Crippen LogP contribution is 2.18. The Morgan fingerprint density at radius 3 is 2.78 bits per heavy atom. The van der Waals surface area contributed by atoms with Crippen LogP contribution in [0.5, 0.6) is 5.75 Å². The van der Waals surface area contributed by atoms with Crippen molar-refractivity contribution in [3.63, 3.8) is 0 Å². The molecule has 0 aromatic heterocycles. The summed E-state index contributed by atoms with van der Waals surface area (Å²) in [6.07, 6.45) is 2.17. The van der Waals surface area contributed by atoms with E-state index in [1.54, 1.807) is 0 Å². The first-order valence-corrected chi connectivity index (χ1v) is 7.47. The van der Waals surface area contributed by atoms with Gasteiger partial charge in [-0.25, -0.2) is 4.39 Å². The second-order valence-electron chi connectivity index (χ2n) is 5.38. The fourth-order valence-corrected chi connectivity index (χ4v) is 2.49. The van der Waals surface area contributed by atoms with Gasteiger partial charge in [0.05, 0.1) is 7.11 Å². The molecule has 1 atom stereocenters. The van der Waals surface area contributed by atoms with Crippen LogP contribution >= 0.6 is 12.4 Å². The minimum atomic E-state index is -0.578. The third-order valence-corrected chi connectivity index (χ3v) is 3.71. The van der Waals surface area contributed by atoms with Crippen LogP contribution in [0.1, 0.15) is 36.0 Å². The van der Waals surface area contributed by atoms with Gasteiger partial charge in [0, 0.05) is 31.0 Å². The molecule has 128 valence electrons. The van der Waals surface area contributed by atoms with Gasteiger partial charge in [0.1, 0.15) is 0 Å².